The lowest BCUT2D eigenvalue weighted by Gasteiger charge is -2.55. The van der Waals surface area contributed by atoms with Gasteiger partial charge in [-0.1, -0.05) is 32.9 Å². The summed E-state index contributed by atoms with van der Waals surface area (Å²) in [6, 6.07) is 3.10. The molecular weight excluding hydrogens is 611 g/mol. The fourth-order valence-electron chi connectivity index (χ4n) is 6.50. The van der Waals surface area contributed by atoms with Crippen LogP contribution in [0.5, 0.6) is 5.75 Å². The molecule has 1 aliphatic heterocycles. The second kappa shape index (κ2) is 14.7. The SMILES string of the molecule is CCOP1(=O)CCN(Cc2cc(C)c(O)c(C)c2)C(C(C)(C)C)C1(CCCCN(C(=O)OC(C)(C)C)C(=O)OC(C)(C)C)C(=O)O. The van der Waals surface area contributed by atoms with Crippen LogP contribution in [0.3, 0.4) is 0 Å². The third-order valence-electron chi connectivity index (χ3n) is 7.99. The van der Waals surface area contributed by atoms with E-state index >= 15 is 0 Å². The van der Waals surface area contributed by atoms with Crippen molar-refractivity contribution in [3.63, 3.8) is 0 Å². The maximum absolute atomic E-state index is 14.8. The van der Waals surface area contributed by atoms with Gasteiger partial charge in [0.2, 0.25) is 7.37 Å². The van der Waals surface area contributed by atoms with Crippen molar-refractivity contribution in [3.05, 3.63) is 28.8 Å². The van der Waals surface area contributed by atoms with E-state index in [9.17, 15) is 29.2 Å². The first-order chi connectivity index (χ1) is 20.9. The van der Waals surface area contributed by atoms with Crippen molar-refractivity contribution in [1.82, 2.24) is 9.80 Å². The highest BCUT2D eigenvalue weighted by Gasteiger charge is 2.66. The van der Waals surface area contributed by atoms with Crippen LogP contribution in [0, 0.1) is 19.3 Å². The van der Waals surface area contributed by atoms with E-state index in [2.05, 4.69) is 4.90 Å². The van der Waals surface area contributed by atoms with E-state index in [1.54, 1.807) is 48.5 Å². The van der Waals surface area contributed by atoms with E-state index in [1.807, 2.05) is 46.8 Å². The lowest BCUT2D eigenvalue weighted by atomic mass is 9.74. The van der Waals surface area contributed by atoms with Crippen LogP contribution in [0.1, 0.15) is 105 Å². The first kappa shape index (κ1) is 39.6. The highest BCUT2D eigenvalue weighted by Crippen LogP contribution is 2.67. The zero-order valence-electron chi connectivity index (χ0n) is 30.0. The lowest BCUT2D eigenvalue weighted by molar-refractivity contribution is -0.146. The van der Waals surface area contributed by atoms with Gasteiger partial charge in [0.15, 0.2) is 5.16 Å². The maximum Gasteiger partial charge on any atom is 0.419 e. The van der Waals surface area contributed by atoms with Crippen molar-refractivity contribution < 1.29 is 43.2 Å². The van der Waals surface area contributed by atoms with Crippen LogP contribution in [0.25, 0.3) is 0 Å². The number of carbonyl (C=O) groups excluding carboxylic acids is 2. The Kier molecular flexibility index (Phi) is 12.6. The Morgan fingerprint density at radius 3 is 1.87 bits per heavy atom. The van der Waals surface area contributed by atoms with Crippen molar-refractivity contribution in [2.75, 3.05) is 25.9 Å². The molecule has 1 fully saturated rings. The van der Waals surface area contributed by atoms with Gasteiger partial charge in [-0.05, 0) is 104 Å². The van der Waals surface area contributed by atoms with Gasteiger partial charge >= 0.3 is 18.2 Å². The monoisotopic (exact) mass is 668 g/mol. The number of carbonyl (C=O) groups is 3. The van der Waals surface area contributed by atoms with E-state index in [-0.39, 0.29) is 44.3 Å². The van der Waals surface area contributed by atoms with Gasteiger partial charge < -0.3 is 24.2 Å². The molecule has 3 atom stereocenters. The number of aromatic hydroxyl groups is 1. The largest absolute Gasteiger partial charge is 0.507 e. The Morgan fingerprint density at radius 1 is 0.957 bits per heavy atom. The van der Waals surface area contributed by atoms with Crippen LogP contribution in [-0.2, 0) is 29.9 Å². The molecule has 0 radical (unpaired) electrons. The molecule has 0 aliphatic carbocycles. The molecule has 1 aromatic rings. The van der Waals surface area contributed by atoms with Crippen molar-refractivity contribution in [2.45, 2.75) is 131 Å². The number of aliphatic carboxylic acids is 1. The minimum atomic E-state index is -3.77. The number of nitrogens with zero attached hydrogens (tertiary/aromatic N) is 2. The summed E-state index contributed by atoms with van der Waals surface area (Å²) in [6.45, 7) is 22.2. The fraction of sp³-hybridized carbons (Fsp3) is 0.735. The van der Waals surface area contributed by atoms with E-state index < -0.39 is 53.3 Å². The number of benzene rings is 1. The molecule has 1 aromatic carbocycles. The predicted molar refractivity (Wildman–Crippen MR) is 179 cm³/mol. The fourth-order valence-corrected chi connectivity index (χ4v) is 9.91. The zero-order chi connectivity index (χ0) is 35.5. The minimum absolute atomic E-state index is 0.00214. The molecular formula is C34H57N2O9P. The predicted octanol–water partition coefficient (Wildman–Crippen LogP) is 7.72. The molecule has 2 N–H and O–H groups in total. The Labute approximate surface area is 275 Å². The minimum Gasteiger partial charge on any atom is -0.507 e. The quantitative estimate of drug-likeness (QED) is 0.188. The average molecular weight is 669 g/mol. The lowest BCUT2D eigenvalue weighted by Crippen LogP contribution is -2.66. The van der Waals surface area contributed by atoms with Crippen molar-refractivity contribution in [1.29, 1.82) is 0 Å². The zero-order valence-corrected chi connectivity index (χ0v) is 30.9. The standard InChI is InChI=1S/C34H57N2O9P/c1-13-43-46(42)19-18-35(22-25-20-23(2)26(37)24(3)21-25)27(31(4,5)6)34(46,28(38)39)16-14-15-17-36(29(40)44-32(7,8)9)30(41)45-33(10,11)12/h20-21,27,37H,13-19,22H2,1-12H3,(H,38,39). The van der Waals surface area contributed by atoms with Crippen LogP contribution in [-0.4, -0.2) is 86.4 Å². The Morgan fingerprint density at radius 2 is 1.46 bits per heavy atom. The number of hydrogen-bond acceptors (Lipinski definition) is 9. The number of hydrogen-bond donors (Lipinski definition) is 2. The number of amides is 2. The van der Waals surface area contributed by atoms with Gasteiger partial charge in [0.25, 0.3) is 0 Å². The van der Waals surface area contributed by atoms with Gasteiger partial charge in [-0.15, -0.1) is 0 Å². The molecule has 2 amide bonds. The van der Waals surface area contributed by atoms with Crippen molar-refractivity contribution in [2.24, 2.45) is 5.41 Å². The van der Waals surface area contributed by atoms with E-state index in [0.717, 1.165) is 21.6 Å². The summed E-state index contributed by atoms with van der Waals surface area (Å²) >= 11 is 0. The topological polar surface area (TPSA) is 143 Å². The summed E-state index contributed by atoms with van der Waals surface area (Å²) in [4.78, 5) is 42.6. The van der Waals surface area contributed by atoms with Gasteiger partial charge in [0, 0.05) is 31.8 Å². The number of carboxylic acid groups (broad SMARTS) is 1. The molecule has 0 bridgehead atoms. The van der Waals surface area contributed by atoms with Crippen molar-refractivity contribution in [3.8, 4) is 5.75 Å². The van der Waals surface area contributed by atoms with Crippen LogP contribution in [0.15, 0.2) is 12.1 Å². The Bertz CT molecular complexity index is 1260. The maximum atomic E-state index is 14.8. The second-order valence-corrected chi connectivity index (χ2v) is 18.3. The highest BCUT2D eigenvalue weighted by atomic mass is 31.2. The number of ether oxygens (including phenoxy) is 2. The average Bonchev–Trinajstić information content (AvgIpc) is 2.85. The molecule has 0 spiro atoms. The van der Waals surface area contributed by atoms with Crippen LogP contribution in [0.2, 0.25) is 0 Å². The molecule has 3 unspecified atom stereocenters. The Hall–Kier alpha value is -2.62. The van der Waals surface area contributed by atoms with Crippen LogP contribution >= 0.6 is 7.37 Å². The highest BCUT2D eigenvalue weighted by molar-refractivity contribution is 7.62. The summed E-state index contributed by atoms with van der Waals surface area (Å²) in [5, 5.41) is 19.6. The molecule has 11 nitrogen and oxygen atoms in total. The number of phenols is 1. The molecule has 2 rings (SSSR count). The number of carboxylic acids is 1. The first-order valence-corrected chi connectivity index (χ1v) is 17.9. The third kappa shape index (κ3) is 9.48. The van der Waals surface area contributed by atoms with Crippen LogP contribution in [0.4, 0.5) is 9.59 Å². The summed E-state index contributed by atoms with van der Waals surface area (Å²) < 4.78 is 31.7. The summed E-state index contributed by atoms with van der Waals surface area (Å²) in [5.74, 6) is -0.967. The summed E-state index contributed by atoms with van der Waals surface area (Å²) in [7, 11) is -3.77. The third-order valence-corrected chi connectivity index (χ3v) is 11.3. The molecule has 1 heterocycles. The smallest absolute Gasteiger partial charge is 0.419 e. The van der Waals surface area contributed by atoms with Gasteiger partial charge in [-0.3, -0.25) is 14.3 Å². The number of imide groups is 1. The summed E-state index contributed by atoms with van der Waals surface area (Å²) in [5.41, 5.74) is 0.0293. The number of rotatable bonds is 10. The normalized spacial score (nSPS) is 22.7. The van der Waals surface area contributed by atoms with Crippen molar-refractivity contribution >= 4 is 25.5 Å². The molecule has 46 heavy (non-hydrogen) atoms. The molecule has 0 saturated carbocycles. The van der Waals surface area contributed by atoms with E-state index in [0.29, 0.717) is 13.1 Å². The molecule has 12 heteroatoms. The number of aryl methyl sites for hydroxylation is 2. The first-order valence-electron chi connectivity index (χ1n) is 16.1. The molecule has 0 aromatic heterocycles. The van der Waals surface area contributed by atoms with Gasteiger partial charge in [-0.2, -0.15) is 0 Å². The van der Waals surface area contributed by atoms with Crippen LogP contribution < -0.4 is 0 Å². The molecule has 262 valence electrons. The Balaban J connectivity index is 2.51. The number of phenolic OH excluding ortho intramolecular Hbond substituents is 1. The van der Waals surface area contributed by atoms with E-state index in [1.165, 1.54) is 0 Å². The molecule has 1 aliphatic rings. The molecule has 1 saturated heterocycles. The number of unbranched alkanes of at least 4 members (excludes halogenated alkanes) is 1. The van der Waals surface area contributed by atoms with Gasteiger partial charge in [-0.25, -0.2) is 14.5 Å². The second-order valence-electron chi connectivity index (χ2n) is 15.4. The van der Waals surface area contributed by atoms with Gasteiger partial charge in [0.1, 0.15) is 17.0 Å². The van der Waals surface area contributed by atoms with Gasteiger partial charge in [0.05, 0.1) is 6.61 Å². The summed E-state index contributed by atoms with van der Waals surface area (Å²) in [6.07, 6.45) is -1.17. The van der Waals surface area contributed by atoms with E-state index in [4.69, 9.17) is 14.0 Å².